The lowest BCUT2D eigenvalue weighted by Gasteiger charge is -2.16. The Morgan fingerprint density at radius 2 is 2.04 bits per heavy atom. The van der Waals surface area contributed by atoms with Crippen LogP contribution in [0.1, 0.15) is 17.0 Å². The number of rotatable bonds is 4. The lowest BCUT2D eigenvalue weighted by Crippen LogP contribution is -2.19. The third-order valence-electron chi connectivity index (χ3n) is 3.86. The van der Waals surface area contributed by atoms with E-state index in [-0.39, 0.29) is 0 Å². The van der Waals surface area contributed by atoms with Crippen LogP contribution in [-0.4, -0.2) is 21.5 Å². The molecule has 0 saturated carbocycles. The Bertz CT molecular complexity index is 892. The van der Waals surface area contributed by atoms with Crippen molar-refractivity contribution in [2.45, 2.75) is 13.1 Å². The Hall–Kier alpha value is -2.35. The fourth-order valence-electron chi connectivity index (χ4n) is 2.71. The van der Waals surface area contributed by atoms with E-state index in [1.54, 1.807) is 0 Å². The van der Waals surface area contributed by atoms with Crippen molar-refractivity contribution in [3.8, 4) is 6.07 Å². The highest BCUT2D eigenvalue weighted by molar-refractivity contribution is 6.31. The summed E-state index contributed by atoms with van der Waals surface area (Å²) < 4.78 is 2.09. The summed E-state index contributed by atoms with van der Waals surface area (Å²) in [5.74, 6) is 0.987. The van der Waals surface area contributed by atoms with E-state index in [4.69, 9.17) is 16.9 Å². The molecule has 0 fully saturated rings. The number of hydrogen-bond donors (Lipinski definition) is 0. The Morgan fingerprint density at radius 1 is 1.22 bits per heavy atom. The summed E-state index contributed by atoms with van der Waals surface area (Å²) in [5.41, 5.74) is 3.79. The quantitative estimate of drug-likeness (QED) is 0.734. The molecule has 1 heterocycles. The summed E-state index contributed by atoms with van der Waals surface area (Å²) in [4.78, 5) is 6.85. The summed E-state index contributed by atoms with van der Waals surface area (Å²) in [6.07, 6.45) is 0. The maximum Gasteiger partial charge on any atom is 0.123 e. The summed E-state index contributed by atoms with van der Waals surface area (Å²) in [6.45, 7) is 1.49. The number of halogens is 1. The average Bonchev–Trinajstić information content (AvgIpc) is 2.82. The number of aromatic nitrogens is 2. The van der Waals surface area contributed by atoms with Crippen LogP contribution in [0, 0.1) is 11.3 Å². The van der Waals surface area contributed by atoms with Gasteiger partial charge in [0.15, 0.2) is 0 Å². The zero-order valence-electron chi connectivity index (χ0n) is 13.1. The van der Waals surface area contributed by atoms with Gasteiger partial charge in [-0.1, -0.05) is 23.7 Å². The SMILES string of the molecule is CN(Cc1cccc(C#N)c1)Cc1nc2cc(Cl)ccc2n1C. The molecule has 0 bridgehead atoms. The molecule has 3 aromatic rings. The highest BCUT2D eigenvalue weighted by Gasteiger charge is 2.11. The molecule has 0 N–H and O–H groups in total. The normalized spacial score (nSPS) is 11.1. The van der Waals surface area contributed by atoms with Crippen LogP contribution in [-0.2, 0) is 20.1 Å². The Labute approximate surface area is 140 Å². The van der Waals surface area contributed by atoms with E-state index in [0.29, 0.717) is 10.6 Å². The fourth-order valence-corrected chi connectivity index (χ4v) is 2.88. The molecule has 0 atom stereocenters. The Balaban J connectivity index is 1.78. The second kappa shape index (κ2) is 6.41. The molecule has 4 nitrogen and oxygen atoms in total. The van der Waals surface area contributed by atoms with Gasteiger partial charge in [-0.05, 0) is 42.9 Å². The first kappa shape index (κ1) is 15.5. The number of nitriles is 1. The van der Waals surface area contributed by atoms with Crippen molar-refractivity contribution in [3.05, 3.63) is 64.4 Å². The van der Waals surface area contributed by atoms with E-state index in [9.17, 15) is 0 Å². The first-order valence-corrected chi connectivity index (χ1v) is 7.73. The third kappa shape index (κ3) is 3.37. The Kier molecular flexibility index (Phi) is 4.33. The summed E-state index contributed by atoms with van der Waals surface area (Å²) in [6, 6.07) is 15.6. The summed E-state index contributed by atoms with van der Waals surface area (Å²) in [7, 11) is 4.06. The minimum Gasteiger partial charge on any atom is -0.330 e. The molecule has 1 aromatic heterocycles. The monoisotopic (exact) mass is 324 g/mol. The third-order valence-corrected chi connectivity index (χ3v) is 4.09. The molecule has 0 saturated heterocycles. The average molecular weight is 325 g/mol. The van der Waals surface area contributed by atoms with Gasteiger partial charge in [0.2, 0.25) is 0 Å². The topological polar surface area (TPSA) is 44.9 Å². The van der Waals surface area contributed by atoms with Crippen molar-refractivity contribution in [2.75, 3.05) is 7.05 Å². The molecule has 0 amide bonds. The molecule has 2 aromatic carbocycles. The molecule has 23 heavy (non-hydrogen) atoms. The number of aryl methyl sites for hydroxylation is 1. The minimum atomic E-state index is 0.688. The standard InChI is InChI=1S/C18H17ClN4/c1-22(11-14-5-3-4-13(8-14)10-20)12-18-21-16-9-15(19)6-7-17(16)23(18)2/h3-9H,11-12H2,1-2H3. The fraction of sp³-hybridized carbons (Fsp3) is 0.222. The second-order valence-corrected chi connectivity index (χ2v) is 6.14. The second-order valence-electron chi connectivity index (χ2n) is 5.70. The van der Waals surface area contributed by atoms with E-state index in [1.165, 1.54) is 0 Å². The van der Waals surface area contributed by atoms with Crippen molar-refractivity contribution < 1.29 is 0 Å². The lowest BCUT2D eigenvalue weighted by atomic mass is 10.1. The van der Waals surface area contributed by atoms with Crippen molar-refractivity contribution >= 4 is 22.6 Å². The van der Waals surface area contributed by atoms with E-state index >= 15 is 0 Å². The first-order chi connectivity index (χ1) is 11.1. The molecule has 0 unspecified atom stereocenters. The summed E-state index contributed by atoms with van der Waals surface area (Å²) >= 11 is 6.04. The maximum absolute atomic E-state index is 8.98. The van der Waals surface area contributed by atoms with Crippen LogP contribution in [0.15, 0.2) is 42.5 Å². The van der Waals surface area contributed by atoms with Crippen molar-refractivity contribution in [1.29, 1.82) is 5.26 Å². The highest BCUT2D eigenvalue weighted by Crippen LogP contribution is 2.20. The van der Waals surface area contributed by atoms with Crippen LogP contribution >= 0.6 is 11.6 Å². The predicted molar refractivity (Wildman–Crippen MR) is 92.1 cm³/mol. The minimum absolute atomic E-state index is 0.688. The summed E-state index contributed by atoms with van der Waals surface area (Å²) in [5, 5.41) is 9.68. The van der Waals surface area contributed by atoms with Gasteiger partial charge in [0, 0.05) is 18.6 Å². The van der Waals surface area contributed by atoms with E-state index in [0.717, 1.165) is 35.5 Å². The van der Waals surface area contributed by atoms with Gasteiger partial charge in [-0.2, -0.15) is 5.26 Å². The van der Waals surface area contributed by atoms with E-state index in [2.05, 4.69) is 20.5 Å². The molecule has 0 aliphatic rings. The van der Waals surface area contributed by atoms with Gasteiger partial charge in [-0.25, -0.2) is 4.98 Å². The molecular formula is C18H17ClN4. The van der Waals surface area contributed by atoms with Gasteiger partial charge in [0.25, 0.3) is 0 Å². The zero-order chi connectivity index (χ0) is 16.4. The first-order valence-electron chi connectivity index (χ1n) is 7.35. The van der Waals surface area contributed by atoms with E-state index in [1.807, 2.05) is 56.6 Å². The number of imidazole rings is 1. The molecule has 0 spiro atoms. The van der Waals surface area contributed by atoms with Crippen LogP contribution in [0.2, 0.25) is 5.02 Å². The van der Waals surface area contributed by atoms with Gasteiger partial charge in [0.1, 0.15) is 5.82 Å². The van der Waals surface area contributed by atoms with E-state index < -0.39 is 0 Å². The molecule has 116 valence electrons. The smallest absolute Gasteiger partial charge is 0.123 e. The molecular weight excluding hydrogens is 308 g/mol. The van der Waals surface area contributed by atoms with Gasteiger partial charge in [-0.3, -0.25) is 4.90 Å². The van der Waals surface area contributed by atoms with Crippen LogP contribution in [0.5, 0.6) is 0 Å². The zero-order valence-corrected chi connectivity index (χ0v) is 13.9. The highest BCUT2D eigenvalue weighted by atomic mass is 35.5. The van der Waals surface area contributed by atoms with Gasteiger partial charge in [-0.15, -0.1) is 0 Å². The number of hydrogen-bond acceptors (Lipinski definition) is 3. The molecule has 3 rings (SSSR count). The number of nitrogens with zero attached hydrogens (tertiary/aromatic N) is 4. The molecule has 5 heteroatoms. The lowest BCUT2D eigenvalue weighted by molar-refractivity contribution is 0.307. The van der Waals surface area contributed by atoms with Crippen LogP contribution < -0.4 is 0 Å². The van der Waals surface area contributed by atoms with Gasteiger partial charge < -0.3 is 4.57 Å². The van der Waals surface area contributed by atoms with Crippen LogP contribution in [0.25, 0.3) is 11.0 Å². The van der Waals surface area contributed by atoms with Crippen LogP contribution in [0.4, 0.5) is 0 Å². The Morgan fingerprint density at radius 3 is 2.83 bits per heavy atom. The van der Waals surface area contributed by atoms with Gasteiger partial charge in [0.05, 0.1) is 29.2 Å². The largest absolute Gasteiger partial charge is 0.330 e. The number of benzene rings is 2. The molecule has 0 aliphatic carbocycles. The molecule has 0 aliphatic heterocycles. The van der Waals surface area contributed by atoms with Gasteiger partial charge >= 0.3 is 0 Å². The van der Waals surface area contributed by atoms with Crippen molar-refractivity contribution in [1.82, 2.24) is 14.5 Å². The van der Waals surface area contributed by atoms with Crippen molar-refractivity contribution in [2.24, 2.45) is 7.05 Å². The predicted octanol–water partition coefficient (Wildman–Crippen LogP) is 3.73. The van der Waals surface area contributed by atoms with Crippen molar-refractivity contribution in [3.63, 3.8) is 0 Å². The van der Waals surface area contributed by atoms with Crippen LogP contribution in [0.3, 0.4) is 0 Å². The molecule has 0 radical (unpaired) electrons. The number of fused-ring (bicyclic) bond motifs is 1. The maximum atomic E-state index is 8.98.